The van der Waals surface area contributed by atoms with Crippen LogP contribution in [0.3, 0.4) is 0 Å². The van der Waals surface area contributed by atoms with Crippen molar-refractivity contribution in [3.8, 4) is 0 Å². The van der Waals surface area contributed by atoms with E-state index in [9.17, 15) is 0 Å². The Bertz CT molecular complexity index is 276. The van der Waals surface area contributed by atoms with Gasteiger partial charge in [0.05, 0.1) is 0 Å². The molecule has 1 aromatic heterocycles. The highest BCUT2D eigenvalue weighted by molar-refractivity contribution is 7.71. The summed E-state index contributed by atoms with van der Waals surface area (Å²) in [6.45, 7) is 4.36. The number of nitrogens with one attached hydrogen (secondary N) is 1. The van der Waals surface area contributed by atoms with Gasteiger partial charge in [-0.25, -0.2) is 0 Å². The normalized spacial score (nSPS) is 13.2. The Labute approximate surface area is 77.8 Å². The van der Waals surface area contributed by atoms with E-state index in [1.165, 1.54) is 19.3 Å². The summed E-state index contributed by atoms with van der Waals surface area (Å²) < 4.78 is 2.73. The van der Waals surface area contributed by atoms with Gasteiger partial charge in [0.2, 0.25) is 0 Å². The molecule has 68 valence electrons. The Morgan fingerprint density at radius 1 is 1.75 bits per heavy atom. The molecular weight excluding hydrogens is 170 g/mol. The average molecular weight is 185 g/mol. The maximum Gasteiger partial charge on any atom is 0.195 e. The van der Waals surface area contributed by atoms with Crippen molar-refractivity contribution in [2.45, 2.75) is 39.2 Å². The number of H-pyrrole nitrogens is 1. The summed E-state index contributed by atoms with van der Waals surface area (Å²) in [6, 6.07) is 0.469. The zero-order valence-electron chi connectivity index (χ0n) is 7.58. The van der Waals surface area contributed by atoms with Crippen LogP contribution < -0.4 is 0 Å². The predicted octanol–water partition coefficient (Wildman–Crippen LogP) is 2.69. The van der Waals surface area contributed by atoms with Gasteiger partial charge < -0.3 is 4.57 Å². The molecule has 0 aliphatic heterocycles. The first-order valence-electron chi connectivity index (χ1n) is 4.37. The summed E-state index contributed by atoms with van der Waals surface area (Å²) in [5.41, 5.74) is 0. The van der Waals surface area contributed by atoms with Crippen LogP contribution in [0, 0.1) is 4.77 Å². The third-order valence-electron chi connectivity index (χ3n) is 2.03. The molecule has 0 saturated heterocycles. The molecule has 1 rings (SSSR count). The maximum absolute atomic E-state index is 5.06. The predicted molar refractivity (Wildman–Crippen MR) is 51.6 cm³/mol. The number of aromatic amines is 1. The third-order valence-corrected chi connectivity index (χ3v) is 2.33. The highest BCUT2D eigenvalue weighted by Crippen LogP contribution is 2.13. The van der Waals surface area contributed by atoms with Crippen LogP contribution in [0.1, 0.15) is 39.2 Å². The van der Waals surface area contributed by atoms with Gasteiger partial charge in [-0.05, 0) is 25.6 Å². The van der Waals surface area contributed by atoms with Crippen LogP contribution >= 0.6 is 12.2 Å². The molecular formula is C8H15N3S. The molecule has 0 bridgehead atoms. The second-order valence-electron chi connectivity index (χ2n) is 3.06. The topological polar surface area (TPSA) is 33.6 Å². The molecule has 0 spiro atoms. The fraction of sp³-hybridized carbons (Fsp3) is 0.750. The number of rotatable bonds is 4. The second-order valence-corrected chi connectivity index (χ2v) is 3.45. The zero-order valence-corrected chi connectivity index (χ0v) is 8.40. The lowest BCUT2D eigenvalue weighted by Crippen LogP contribution is -2.03. The van der Waals surface area contributed by atoms with Crippen molar-refractivity contribution < 1.29 is 0 Å². The number of aromatic nitrogens is 3. The molecule has 3 nitrogen and oxygen atoms in total. The molecule has 0 saturated carbocycles. The smallest absolute Gasteiger partial charge is 0.195 e. The molecule has 1 unspecified atom stereocenters. The molecule has 0 radical (unpaired) electrons. The molecule has 1 N–H and O–H groups in total. The Hall–Kier alpha value is -0.640. The quantitative estimate of drug-likeness (QED) is 0.732. The molecule has 0 aliphatic carbocycles. The van der Waals surface area contributed by atoms with E-state index >= 15 is 0 Å². The summed E-state index contributed by atoms with van der Waals surface area (Å²) in [4.78, 5) is 0. The van der Waals surface area contributed by atoms with Gasteiger partial charge in [0.25, 0.3) is 0 Å². The first-order chi connectivity index (χ1) is 5.75. The largest absolute Gasteiger partial charge is 0.304 e. The van der Waals surface area contributed by atoms with Gasteiger partial charge in [0.1, 0.15) is 6.33 Å². The number of hydrogen-bond acceptors (Lipinski definition) is 2. The average Bonchev–Trinajstić information content (AvgIpc) is 2.47. The summed E-state index contributed by atoms with van der Waals surface area (Å²) >= 11 is 5.06. The van der Waals surface area contributed by atoms with E-state index in [1.54, 1.807) is 6.33 Å². The summed E-state index contributed by atoms with van der Waals surface area (Å²) in [5, 5.41) is 6.64. The lowest BCUT2D eigenvalue weighted by atomic mass is 10.1. The first kappa shape index (κ1) is 9.45. The minimum atomic E-state index is 0.469. The van der Waals surface area contributed by atoms with Gasteiger partial charge in [-0.2, -0.15) is 5.10 Å². The number of unbranched alkanes of at least 4 members (excludes halogenated alkanes) is 1. The second kappa shape index (κ2) is 4.40. The van der Waals surface area contributed by atoms with Gasteiger partial charge in [-0.3, -0.25) is 5.10 Å². The van der Waals surface area contributed by atoms with Crippen LogP contribution in [-0.4, -0.2) is 14.8 Å². The molecule has 1 aromatic rings. The highest BCUT2D eigenvalue weighted by atomic mass is 32.1. The molecule has 1 heterocycles. The van der Waals surface area contributed by atoms with E-state index in [0.29, 0.717) is 6.04 Å². The minimum absolute atomic E-state index is 0.469. The maximum atomic E-state index is 5.06. The van der Waals surface area contributed by atoms with Crippen molar-refractivity contribution in [2.24, 2.45) is 0 Å². The Kier molecular flexibility index (Phi) is 3.47. The summed E-state index contributed by atoms with van der Waals surface area (Å²) in [5.74, 6) is 0. The van der Waals surface area contributed by atoms with Crippen LogP contribution in [0.2, 0.25) is 0 Å². The molecule has 0 fully saturated rings. The third kappa shape index (κ3) is 2.17. The number of hydrogen-bond donors (Lipinski definition) is 1. The van der Waals surface area contributed by atoms with E-state index in [1.807, 2.05) is 4.57 Å². The van der Waals surface area contributed by atoms with Crippen LogP contribution in [0.25, 0.3) is 0 Å². The van der Waals surface area contributed by atoms with Crippen molar-refractivity contribution in [1.29, 1.82) is 0 Å². The van der Waals surface area contributed by atoms with Gasteiger partial charge in [-0.1, -0.05) is 19.8 Å². The summed E-state index contributed by atoms with van der Waals surface area (Å²) in [6.07, 6.45) is 5.41. The van der Waals surface area contributed by atoms with Crippen molar-refractivity contribution in [2.75, 3.05) is 0 Å². The van der Waals surface area contributed by atoms with Crippen LogP contribution in [0.4, 0.5) is 0 Å². The van der Waals surface area contributed by atoms with Crippen molar-refractivity contribution in [3.63, 3.8) is 0 Å². The van der Waals surface area contributed by atoms with E-state index in [-0.39, 0.29) is 0 Å². The molecule has 0 aliphatic rings. The van der Waals surface area contributed by atoms with Crippen molar-refractivity contribution in [3.05, 3.63) is 11.1 Å². The standard InChI is InChI=1S/C8H15N3S/c1-3-4-5-7(2)11-6-9-10-8(11)12/h6-7H,3-5H2,1-2H3,(H,10,12). The fourth-order valence-electron chi connectivity index (χ4n) is 1.21. The van der Waals surface area contributed by atoms with E-state index < -0.39 is 0 Å². The highest BCUT2D eigenvalue weighted by Gasteiger charge is 2.03. The van der Waals surface area contributed by atoms with E-state index in [4.69, 9.17) is 12.2 Å². The lowest BCUT2D eigenvalue weighted by molar-refractivity contribution is 0.480. The monoisotopic (exact) mass is 185 g/mol. The van der Waals surface area contributed by atoms with Gasteiger partial charge in [0, 0.05) is 6.04 Å². The zero-order chi connectivity index (χ0) is 8.97. The Morgan fingerprint density at radius 3 is 3.00 bits per heavy atom. The minimum Gasteiger partial charge on any atom is -0.304 e. The molecule has 0 aromatic carbocycles. The Morgan fingerprint density at radius 2 is 2.50 bits per heavy atom. The van der Waals surface area contributed by atoms with E-state index in [0.717, 1.165) is 4.77 Å². The molecule has 0 amide bonds. The number of nitrogens with zero attached hydrogens (tertiary/aromatic N) is 2. The van der Waals surface area contributed by atoms with Gasteiger partial charge in [0.15, 0.2) is 4.77 Å². The molecule has 4 heteroatoms. The van der Waals surface area contributed by atoms with Crippen LogP contribution in [0.5, 0.6) is 0 Å². The Balaban J connectivity index is 2.59. The van der Waals surface area contributed by atoms with Gasteiger partial charge >= 0.3 is 0 Å². The SMILES string of the molecule is CCCCC(C)n1cn[nH]c1=S. The lowest BCUT2D eigenvalue weighted by Gasteiger charge is -2.10. The molecule has 1 atom stereocenters. The van der Waals surface area contributed by atoms with Crippen molar-refractivity contribution >= 4 is 12.2 Å². The van der Waals surface area contributed by atoms with Crippen molar-refractivity contribution in [1.82, 2.24) is 14.8 Å². The van der Waals surface area contributed by atoms with Crippen LogP contribution in [0.15, 0.2) is 6.33 Å². The van der Waals surface area contributed by atoms with E-state index in [2.05, 4.69) is 24.0 Å². The first-order valence-corrected chi connectivity index (χ1v) is 4.78. The molecule has 12 heavy (non-hydrogen) atoms. The fourth-order valence-corrected chi connectivity index (χ4v) is 1.49. The van der Waals surface area contributed by atoms with Crippen LogP contribution in [-0.2, 0) is 0 Å². The van der Waals surface area contributed by atoms with Gasteiger partial charge in [-0.15, -0.1) is 0 Å². The summed E-state index contributed by atoms with van der Waals surface area (Å²) in [7, 11) is 0.